The van der Waals surface area contributed by atoms with E-state index in [9.17, 15) is 9.50 Å². The molecule has 4 nitrogen and oxygen atoms in total. The molecule has 1 unspecified atom stereocenters. The van der Waals surface area contributed by atoms with Crippen LogP contribution in [0.5, 0.6) is 5.75 Å². The van der Waals surface area contributed by atoms with Crippen LogP contribution >= 0.6 is 0 Å². The smallest absolute Gasteiger partial charge is 0.123 e. The molecule has 2 N–H and O–H groups in total. The van der Waals surface area contributed by atoms with Gasteiger partial charge in [-0.15, -0.1) is 0 Å². The molecule has 0 radical (unpaired) electrons. The van der Waals surface area contributed by atoms with Crippen LogP contribution in [0, 0.1) is 5.82 Å². The Morgan fingerprint density at radius 1 is 1.26 bits per heavy atom. The lowest BCUT2D eigenvalue weighted by Gasteiger charge is -2.14. The van der Waals surface area contributed by atoms with Crippen LogP contribution in [-0.4, -0.2) is 43.6 Å². The molecule has 0 spiro atoms. The van der Waals surface area contributed by atoms with Gasteiger partial charge in [-0.05, 0) is 38.1 Å². The predicted octanol–water partition coefficient (Wildman–Crippen LogP) is 1.58. The average molecular weight is 271 g/mol. The highest BCUT2D eigenvalue weighted by Gasteiger charge is 2.05. The topological polar surface area (TPSA) is 50.7 Å². The number of hydrogen-bond donors (Lipinski definition) is 2. The molecule has 1 aromatic carbocycles. The summed E-state index contributed by atoms with van der Waals surface area (Å²) in [4.78, 5) is 0. The summed E-state index contributed by atoms with van der Waals surface area (Å²) < 4.78 is 23.3. The lowest BCUT2D eigenvalue weighted by atomic mass is 10.3. The molecule has 0 saturated heterocycles. The van der Waals surface area contributed by atoms with Gasteiger partial charge in [-0.25, -0.2) is 4.39 Å². The zero-order chi connectivity index (χ0) is 14.1. The van der Waals surface area contributed by atoms with Gasteiger partial charge < -0.3 is 19.9 Å². The summed E-state index contributed by atoms with van der Waals surface area (Å²) in [5.74, 6) is 0.239. The van der Waals surface area contributed by atoms with Gasteiger partial charge in [0.2, 0.25) is 0 Å². The molecule has 1 aromatic rings. The Balaban J connectivity index is 2.07. The molecule has 0 saturated carbocycles. The molecular weight excluding hydrogens is 249 g/mol. The Hall–Kier alpha value is -1.17. The third-order valence-electron chi connectivity index (χ3n) is 2.37. The third kappa shape index (κ3) is 7.77. The second-order valence-corrected chi connectivity index (χ2v) is 4.54. The van der Waals surface area contributed by atoms with E-state index in [1.165, 1.54) is 24.3 Å². The van der Waals surface area contributed by atoms with E-state index in [2.05, 4.69) is 5.32 Å². The summed E-state index contributed by atoms with van der Waals surface area (Å²) in [6.07, 6.45) is -0.391. The van der Waals surface area contributed by atoms with Crippen molar-refractivity contribution in [3.05, 3.63) is 30.1 Å². The zero-order valence-electron chi connectivity index (χ0n) is 11.4. The molecule has 0 heterocycles. The molecule has 0 aliphatic heterocycles. The van der Waals surface area contributed by atoms with Crippen molar-refractivity contribution in [1.29, 1.82) is 0 Å². The minimum Gasteiger partial charge on any atom is -0.491 e. The van der Waals surface area contributed by atoms with Crippen LogP contribution in [0.1, 0.15) is 13.8 Å². The SMILES string of the molecule is CC(C)OCCNCC(O)COc1ccc(F)cc1. The second-order valence-electron chi connectivity index (χ2n) is 4.54. The molecule has 19 heavy (non-hydrogen) atoms. The van der Waals surface area contributed by atoms with Crippen molar-refractivity contribution in [1.82, 2.24) is 5.32 Å². The van der Waals surface area contributed by atoms with E-state index >= 15 is 0 Å². The van der Waals surface area contributed by atoms with Crippen molar-refractivity contribution in [3.63, 3.8) is 0 Å². The molecule has 0 fully saturated rings. The van der Waals surface area contributed by atoms with Crippen molar-refractivity contribution in [2.75, 3.05) is 26.3 Å². The number of nitrogens with one attached hydrogen (secondary N) is 1. The van der Waals surface area contributed by atoms with E-state index in [1.54, 1.807) is 0 Å². The molecule has 0 aromatic heterocycles. The Morgan fingerprint density at radius 2 is 1.95 bits per heavy atom. The first kappa shape index (κ1) is 15.9. The van der Waals surface area contributed by atoms with Gasteiger partial charge in [0.15, 0.2) is 0 Å². The van der Waals surface area contributed by atoms with Gasteiger partial charge in [0, 0.05) is 13.1 Å². The number of benzene rings is 1. The third-order valence-corrected chi connectivity index (χ3v) is 2.37. The van der Waals surface area contributed by atoms with Crippen LogP contribution in [-0.2, 0) is 4.74 Å². The average Bonchev–Trinajstić information content (AvgIpc) is 2.37. The number of aliphatic hydroxyl groups excluding tert-OH is 1. The van der Waals surface area contributed by atoms with Crippen LogP contribution in [0.2, 0.25) is 0 Å². The molecule has 0 aliphatic rings. The molecular formula is C14H22FNO3. The number of ether oxygens (including phenoxy) is 2. The lowest BCUT2D eigenvalue weighted by molar-refractivity contribution is 0.0735. The number of rotatable bonds is 9. The molecule has 1 rings (SSSR count). The standard InChI is InChI=1S/C14H22FNO3/c1-11(2)18-8-7-16-9-13(17)10-19-14-5-3-12(15)4-6-14/h3-6,11,13,16-17H,7-10H2,1-2H3. The van der Waals surface area contributed by atoms with Crippen molar-refractivity contribution in [2.45, 2.75) is 26.1 Å². The zero-order valence-corrected chi connectivity index (χ0v) is 11.4. The normalized spacial score (nSPS) is 12.7. The molecule has 108 valence electrons. The van der Waals surface area contributed by atoms with Crippen molar-refractivity contribution >= 4 is 0 Å². The maximum absolute atomic E-state index is 12.7. The van der Waals surface area contributed by atoms with Crippen LogP contribution in [0.25, 0.3) is 0 Å². The number of hydrogen-bond acceptors (Lipinski definition) is 4. The van der Waals surface area contributed by atoms with Crippen LogP contribution < -0.4 is 10.1 Å². The fourth-order valence-electron chi connectivity index (χ4n) is 1.42. The van der Waals surface area contributed by atoms with Gasteiger partial charge in [0.05, 0.1) is 12.7 Å². The van der Waals surface area contributed by atoms with Crippen molar-refractivity contribution in [3.8, 4) is 5.75 Å². The summed E-state index contributed by atoms with van der Waals surface area (Å²) >= 11 is 0. The van der Waals surface area contributed by atoms with Gasteiger partial charge in [-0.1, -0.05) is 0 Å². The molecule has 0 aliphatic carbocycles. The Labute approximate surface area is 113 Å². The highest BCUT2D eigenvalue weighted by atomic mass is 19.1. The lowest BCUT2D eigenvalue weighted by Crippen LogP contribution is -2.33. The van der Waals surface area contributed by atoms with Crippen LogP contribution in [0.3, 0.4) is 0 Å². The summed E-state index contributed by atoms with van der Waals surface area (Å²) in [6, 6.07) is 5.71. The van der Waals surface area contributed by atoms with Gasteiger partial charge >= 0.3 is 0 Å². The molecule has 5 heteroatoms. The molecule has 0 bridgehead atoms. The highest BCUT2D eigenvalue weighted by molar-refractivity contribution is 5.22. The van der Waals surface area contributed by atoms with Gasteiger partial charge in [-0.3, -0.25) is 0 Å². The minimum atomic E-state index is -0.607. The van der Waals surface area contributed by atoms with E-state index in [1.807, 2.05) is 13.8 Å². The van der Waals surface area contributed by atoms with Crippen LogP contribution in [0.4, 0.5) is 4.39 Å². The Morgan fingerprint density at radius 3 is 2.58 bits per heavy atom. The summed E-state index contributed by atoms with van der Waals surface area (Å²) in [5, 5.41) is 12.7. The monoisotopic (exact) mass is 271 g/mol. The number of halogens is 1. The Bertz CT molecular complexity index is 343. The first-order chi connectivity index (χ1) is 9.08. The predicted molar refractivity (Wildman–Crippen MR) is 71.9 cm³/mol. The highest BCUT2D eigenvalue weighted by Crippen LogP contribution is 2.11. The van der Waals surface area contributed by atoms with Gasteiger partial charge in [0.25, 0.3) is 0 Å². The van der Waals surface area contributed by atoms with E-state index in [-0.39, 0.29) is 18.5 Å². The molecule has 0 amide bonds. The van der Waals surface area contributed by atoms with E-state index in [4.69, 9.17) is 9.47 Å². The van der Waals surface area contributed by atoms with E-state index in [0.29, 0.717) is 25.4 Å². The summed E-state index contributed by atoms with van der Waals surface area (Å²) in [7, 11) is 0. The molecule has 1 atom stereocenters. The van der Waals surface area contributed by atoms with Crippen molar-refractivity contribution in [2.24, 2.45) is 0 Å². The minimum absolute atomic E-state index is 0.170. The van der Waals surface area contributed by atoms with E-state index in [0.717, 1.165) is 0 Å². The van der Waals surface area contributed by atoms with Gasteiger partial charge in [-0.2, -0.15) is 0 Å². The van der Waals surface area contributed by atoms with Gasteiger partial charge in [0.1, 0.15) is 24.3 Å². The van der Waals surface area contributed by atoms with Crippen molar-refractivity contribution < 1.29 is 19.0 Å². The van der Waals surface area contributed by atoms with Crippen LogP contribution in [0.15, 0.2) is 24.3 Å². The first-order valence-electron chi connectivity index (χ1n) is 6.46. The maximum Gasteiger partial charge on any atom is 0.123 e. The fourth-order valence-corrected chi connectivity index (χ4v) is 1.42. The summed E-state index contributed by atoms with van der Waals surface area (Å²) in [6.45, 7) is 5.86. The quantitative estimate of drug-likeness (QED) is 0.670. The summed E-state index contributed by atoms with van der Waals surface area (Å²) in [5.41, 5.74) is 0. The fraction of sp³-hybridized carbons (Fsp3) is 0.571. The van der Waals surface area contributed by atoms with E-state index < -0.39 is 6.10 Å². The Kier molecular flexibility index (Phi) is 7.40. The maximum atomic E-state index is 12.7. The first-order valence-corrected chi connectivity index (χ1v) is 6.46. The number of aliphatic hydroxyl groups is 1. The second kappa shape index (κ2) is 8.85. The largest absolute Gasteiger partial charge is 0.491 e.